The van der Waals surface area contributed by atoms with Gasteiger partial charge in [-0.25, -0.2) is 9.97 Å². The second kappa shape index (κ2) is 6.58. The van der Waals surface area contributed by atoms with Crippen molar-refractivity contribution in [2.75, 3.05) is 5.75 Å². The summed E-state index contributed by atoms with van der Waals surface area (Å²) in [7, 11) is -0.756. The number of nitrogens with zero attached hydrogens (tertiary/aromatic N) is 2. The van der Waals surface area contributed by atoms with Crippen LogP contribution in [0.4, 0.5) is 0 Å². The molecule has 0 radical (unpaired) electrons. The van der Waals surface area contributed by atoms with E-state index >= 15 is 0 Å². The third-order valence-electron chi connectivity index (χ3n) is 4.38. The molecule has 2 aromatic rings. The van der Waals surface area contributed by atoms with Crippen LogP contribution in [0.3, 0.4) is 0 Å². The van der Waals surface area contributed by atoms with Gasteiger partial charge in [0.25, 0.3) is 0 Å². The second-order valence-electron chi connectivity index (χ2n) is 6.75. The highest BCUT2D eigenvalue weighted by Crippen LogP contribution is 2.35. The first kappa shape index (κ1) is 17.6. The Morgan fingerprint density at radius 2 is 2.04 bits per heavy atom. The highest BCUT2D eigenvalue weighted by atomic mass is 35.5. The lowest BCUT2D eigenvalue weighted by Gasteiger charge is -2.34. The van der Waals surface area contributed by atoms with Gasteiger partial charge in [-0.05, 0) is 43.7 Å². The molecule has 1 aliphatic carbocycles. The summed E-state index contributed by atoms with van der Waals surface area (Å²) in [6.07, 6.45) is 5.07. The summed E-state index contributed by atoms with van der Waals surface area (Å²) < 4.78 is 17.8. The summed E-state index contributed by atoms with van der Waals surface area (Å²) in [6, 6.07) is 1.80. The highest BCUT2D eigenvalue weighted by molar-refractivity contribution is 7.85. The van der Waals surface area contributed by atoms with Gasteiger partial charge in [0.15, 0.2) is 0 Å². The molecule has 1 fully saturated rings. The fourth-order valence-corrected chi connectivity index (χ4v) is 4.40. The van der Waals surface area contributed by atoms with Gasteiger partial charge >= 0.3 is 0 Å². The van der Waals surface area contributed by atoms with Gasteiger partial charge in [-0.15, -0.1) is 0 Å². The number of nitrogens with two attached hydrogens (primary N) is 1. The van der Waals surface area contributed by atoms with Crippen molar-refractivity contribution in [3.05, 3.63) is 29.2 Å². The molecule has 1 atom stereocenters. The highest BCUT2D eigenvalue weighted by Gasteiger charge is 2.35. The van der Waals surface area contributed by atoms with E-state index < -0.39 is 16.3 Å². The van der Waals surface area contributed by atoms with Crippen molar-refractivity contribution >= 4 is 33.2 Å². The summed E-state index contributed by atoms with van der Waals surface area (Å²) in [5.41, 5.74) is 6.60. The van der Waals surface area contributed by atoms with E-state index in [1.807, 2.05) is 20.8 Å². The quantitative estimate of drug-likeness (QED) is 0.821. The smallest absolute Gasteiger partial charge is 0.223 e. The molecule has 2 aromatic heterocycles. The zero-order valence-electron chi connectivity index (χ0n) is 14.1. The average Bonchev–Trinajstić information content (AvgIpc) is 2.48. The van der Waals surface area contributed by atoms with Crippen LogP contribution in [0, 0.1) is 0 Å². The van der Waals surface area contributed by atoms with Gasteiger partial charge in [0.2, 0.25) is 5.88 Å². The van der Waals surface area contributed by atoms with Crippen LogP contribution in [-0.2, 0) is 16.3 Å². The van der Waals surface area contributed by atoms with Crippen LogP contribution in [0.1, 0.15) is 39.2 Å². The van der Waals surface area contributed by atoms with E-state index in [0.717, 1.165) is 29.2 Å². The van der Waals surface area contributed by atoms with Crippen LogP contribution in [0.15, 0.2) is 18.5 Å². The number of aromatic nitrogens is 2. The molecule has 1 unspecified atom stereocenters. The molecular formula is C17H22ClN3O2S. The molecule has 1 aliphatic rings. The Labute approximate surface area is 149 Å². The number of fused-ring (bicyclic) bond motifs is 1. The lowest BCUT2D eigenvalue weighted by Crippen LogP contribution is -2.41. The monoisotopic (exact) mass is 367 g/mol. The van der Waals surface area contributed by atoms with Crippen molar-refractivity contribution in [2.45, 2.75) is 50.5 Å². The molecule has 0 aliphatic heterocycles. The first-order valence-corrected chi connectivity index (χ1v) is 9.83. The Morgan fingerprint density at radius 1 is 1.33 bits per heavy atom. The Kier molecular flexibility index (Phi) is 4.82. The lowest BCUT2D eigenvalue weighted by atomic mass is 9.93. The molecule has 0 bridgehead atoms. The molecule has 7 heteroatoms. The van der Waals surface area contributed by atoms with E-state index in [1.165, 1.54) is 0 Å². The van der Waals surface area contributed by atoms with Gasteiger partial charge < -0.3 is 10.5 Å². The topological polar surface area (TPSA) is 78.1 Å². The number of pyridine rings is 2. The molecule has 2 N–H and O–H groups in total. The van der Waals surface area contributed by atoms with Crippen molar-refractivity contribution < 1.29 is 8.95 Å². The van der Waals surface area contributed by atoms with E-state index in [1.54, 1.807) is 18.5 Å². The van der Waals surface area contributed by atoms with Gasteiger partial charge in [0.1, 0.15) is 11.3 Å². The van der Waals surface area contributed by atoms with E-state index in [9.17, 15) is 4.21 Å². The zero-order valence-corrected chi connectivity index (χ0v) is 15.7. The minimum absolute atomic E-state index is 0.0496. The fourth-order valence-electron chi connectivity index (χ4n) is 2.91. The first-order chi connectivity index (χ1) is 11.3. The molecule has 3 rings (SSSR count). The largest absolute Gasteiger partial charge is 0.474 e. The van der Waals surface area contributed by atoms with Crippen LogP contribution in [0.25, 0.3) is 10.8 Å². The molecule has 5 nitrogen and oxygen atoms in total. The van der Waals surface area contributed by atoms with Crippen LogP contribution < -0.4 is 10.5 Å². The van der Waals surface area contributed by atoms with Gasteiger partial charge in [-0.3, -0.25) is 4.21 Å². The molecule has 1 saturated carbocycles. The summed E-state index contributed by atoms with van der Waals surface area (Å²) in [5.74, 6) is 1.23. The molecule has 0 saturated heterocycles. The van der Waals surface area contributed by atoms with Crippen molar-refractivity contribution in [3.8, 4) is 5.88 Å². The Bertz CT molecular complexity index is 785. The number of rotatable bonds is 5. The van der Waals surface area contributed by atoms with E-state index in [4.69, 9.17) is 22.1 Å². The van der Waals surface area contributed by atoms with Crippen LogP contribution in [0.5, 0.6) is 5.88 Å². The van der Waals surface area contributed by atoms with E-state index in [-0.39, 0.29) is 11.4 Å². The standard InChI is InChI=1S/C17H22ClN3O2S/c1-4-24(22)11-5-10(6-11)23-16-13-8-20-15(18)7-12(13)14(9-21-16)17(2,3)19/h7-11H,4-6,19H2,1-3H3. The van der Waals surface area contributed by atoms with Gasteiger partial charge in [0.05, 0.1) is 5.39 Å². The minimum Gasteiger partial charge on any atom is -0.474 e. The van der Waals surface area contributed by atoms with Crippen LogP contribution in [0.2, 0.25) is 5.15 Å². The lowest BCUT2D eigenvalue weighted by molar-refractivity contribution is 0.121. The van der Waals surface area contributed by atoms with Gasteiger partial charge in [-0.2, -0.15) is 0 Å². The zero-order chi connectivity index (χ0) is 17.5. The molecule has 0 spiro atoms. The average molecular weight is 368 g/mol. The predicted octanol–water partition coefficient (Wildman–Crippen LogP) is 3.16. The second-order valence-corrected chi connectivity index (χ2v) is 9.15. The minimum atomic E-state index is -0.756. The van der Waals surface area contributed by atoms with Gasteiger partial charge in [-0.1, -0.05) is 18.5 Å². The summed E-state index contributed by atoms with van der Waals surface area (Å²) in [5, 5.41) is 2.35. The van der Waals surface area contributed by atoms with Crippen molar-refractivity contribution in [2.24, 2.45) is 5.73 Å². The van der Waals surface area contributed by atoms with Crippen molar-refractivity contribution in [3.63, 3.8) is 0 Å². The maximum Gasteiger partial charge on any atom is 0.223 e. The summed E-state index contributed by atoms with van der Waals surface area (Å²) in [6.45, 7) is 5.80. The number of halogens is 1. The van der Waals surface area contributed by atoms with E-state index in [0.29, 0.717) is 16.8 Å². The molecule has 130 valence electrons. The number of ether oxygens (including phenoxy) is 1. The van der Waals surface area contributed by atoms with Crippen molar-refractivity contribution in [1.29, 1.82) is 0 Å². The fraction of sp³-hybridized carbons (Fsp3) is 0.529. The Hall–Kier alpha value is -1.24. The summed E-state index contributed by atoms with van der Waals surface area (Å²) >= 11 is 6.06. The molecular weight excluding hydrogens is 346 g/mol. The summed E-state index contributed by atoms with van der Waals surface area (Å²) in [4.78, 5) is 8.61. The normalized spacial score (nSPS) is 22.2. The molecule has 0 amide bonds. The third-order valence-corrected chi connectivity index (χ3v) is 6.29. The molecule has 2 heterocycles. The van der Waals surface area contributed by atoms with Crippen molar-refractivity contribution in [1.82, 2.24) is 9.97 Å². The Morgan fingerprint density at radius 3 is 2.67 bits per heavy atom. The predicted molar refractivity (Wildman–Crippen MR) is 97.9 cm³/mol. The molecule has 24 heavy (non-hydrogen) atoms. The third kappa shape index (κ3) is 3.41. The Balaban J connectivity index is 1.89. The maximum atomic E-state index is 11.8. The number of hydrogen-bond donors (Lipinski definition) is 1. The van der Waals surface area contributed by atoms with E-state index in [2.05, 4.69) is 9.97 Å². The SMILES string of the molecule is CCS(=O)C1CC(Oc2ncc(C(C)(C)N)c3cc(Cl)ncc23)C1. The van der Waals surface area contributed by atoms with Gasteiger partial charge in [0, 0.05) is 39.7 Å². The maximum absolute atomic E-state index is 11.8. The molecule has 0 aromatic carbocycles. The van der Waals surface area contributed by atoms with Crippen LogP contribution >= 0.6 is 11.6 Å². The first-order valence-electron chi connectivity index (χ1n) is 8.07. The van der Waals surface area contributed by atoms with Crippen LogP contribution in [-0.4, -0.2) is 31.3 Å². The number of hydrogen-bond acceptors (Lipinski definition) is 5.